The Kier molecular flexibility index (Phi) is 7.58. The van der Waals surface area contributed by atoms with Crippen LogP contribution in [-0.2, 0) is 35.8 Å². The fraction of sp³-hybridized carbons (Fsp3) is 0.444. The Hall–Kier alpha value is -3.55. The number of benzene rings is 1. The number of rotatable bonds is 8. The smallest absolute Gasteiger partial charge is 0.310 e. The number of aromatic nitrogens is 1. The molecule has 0 bridgehead atoms. The van der Waals surface area contributed by atoms with E-state index in [-0.39, 0.29) is 55.5 Å². The highest BCUT2D eigenvalue weighted by Gasteiger charge is 2.54. The maximum absolute atomic E-state index is 13.8. The molecule has 0 N–H and O–H groups in total. The predicted molar refractivity (Wildman–Crippen MR) is 128 cm³/mol. The van der Waals surface area contributed by atoms with Gasteiger partial charge in [-0.25, -0.2) is 0 Å². The highest BCUT2D eigenvalue weighted by atomic mass is 16.5. The van der Waals surface area contributed by atoms with Crippen molar-refractivity contribution in [1.29, 1.82) is 0 Å². The van der Waals surface area contributed by atoms with Gasteiger partial charge < -0.3 is 9.64 Å². The summed E-state index contributed by atoms with van der Waals surface area (Å²) < 4.78 is 5.15. The fourth-order valence-electron chi connectivity index (χ4n) is 5.05. The number of carbonyl (C=O) groups excluding carboxylic acids is 4. The Bertz CT molecular complexity index is 1070. The second kappa shape index (κ2) is 10.8. The van der Waals surface area contributed by atoms with Crippen molar-refractivity contribution in [3.63, 3.8) is 0 Å². The summed E-state index contributed by atoms with van der Waals surface area (Å²) in [5, 5.41) is 0. The molecule has 3 heterocycles. The third-order valence-electron chi connectivity index (χ3n) is 6.90. The van der Waals surface area contributed by atoms with Gasteiger partial charge in [-0.2, -0.15) is 0 Å². The van der Waals surface area contributed by atoms with Crippen molar-refractivity contribution in [3.8, 4) is 0 Å². The van der Waals surface area contributed by atoms with Crippen molar-refractivity contribution in [3.05, 3.63) is 66.0 Å². The molecule has 1 aromatic carbocycles. The number of piperidine rings is 1. The van der Waals surface area contributed by atoms with Crippen molar-refractivity contribution >= 4 is 23.7 Å². The number of carbonyl (C=O) groups is 4. The first kappa shape index (κ1) is 24.6. The number of likely N-dealkylation sites (tertiary alicyclic amines) is 2. The Balaban J connectivity index is 1.54. The summed E-state index contributed by atoms with van der Waals surface area (Å²) in [7, 11) is 0. The molecule has 0 radical (unpaired) electrons. The minimum atomic E-state index is -1.25. The van der Waals surface area contributed by atoms with Crippen LogP contribution in [0.2, 0.25) is 0 Å². The number of ether oxygens (including phenoxy) is 1. The first-order chi connectivity index (χ1) is 16.9. The summed E-state index contributed by atoms with van der Waals surface area (Å²) in [5.74, 6) is -1.52. The molecule has 2 fully saturated rings. The molecule has 3 amide bonds. The molecule has 4 rings (SSSR count). The summed E-state index contributed by atoms with van der Waals surface area (Å²) in [6.07, 6.45) is 3.32. The number of pyridine rings is 1. The van der Waals surface area contributed by atoms with Gasteiger partial charge >= 0.3 is 5.97 Å². The van der Waals surface area contributed by atoms with Gasteiger partial charge in [0.2, 0.25) is 17.7 Å². The molecular weight excluding hydrogens is 446 g/mol. The average molecular weight is 478 g/mol. The van der Waals surface area contributed by atoms with E-state index in [9.17, 15) is 19.2 Å². The van der Waals surface area contributed by atoms with Gasteiger partial charge in [0, 0.05) is 50.8 Å². The number of imide groups is 1. The van der Waals surface area contributed by atoms with Crippen LogP contribution in [0.25, 0.3) is 0 Å². The molecule has 2 aromatic rings. The van der Waals surface area contributed by atoms with Gasteiger partial charge in [-0.1, -0.05) is 36.4 Å². The Morgan fingerprint density at radius 3 is 2.60 bits per heavy atom. The molecule has 2 atom stereocenters. The minimum Gasteiger partial charge on any atom is -0.466 e. The maximum Gasteiger partial charge on any atom is 0.310 e. The van der Waals surface area contributed by atoms with Crippen molar-refractivity contribution in [2.24, 2.45) is 5.92 Å². The van der Waals surface area contributed by atoms with Crippen molar-refractivity contribution in [2.45, 2.75) is 44.4 Å². The van der Waals surface area contributed by atoms with E-state index >= 15 is 0 Å². The van der Waals surface area contributed by atoms with E-state index in [0.29, 0.717) is 38.0 Å². The summed E-state index contributed by atoms with van der Waals surface area (Å²) in [4.78, 5) is 59.8. The van der Waals surface area contributed by atoms with Gasteiger partial charge in [-0.05, 0) is 37.5 Å². The average Bonchev–Trinajstić information content (AvgIpc) is 3.13. The highest BCUT2D eigenvalue weighted by molar-refractivity contribution is 6.10. The Morgan fingerprint density at radius 2 is 1.89 bits per heavy atom. The normalized spacial score (nSPS) is 22.4. The molecule has 0 unspecified atom stereocenters. The summed E-state index contributed by atoms with van der Waals surface area (Å²) >= 11 is 0. The third-order valence-corrected chi connectivity index (χ3v) is 6.90. The molecule has 0 saturated carbocycles. The Morgan fingerprint density at radius 1 is 1.11 bits per heavy atom. The van der Waals surface area contributed by atoms with Gasteiger partial charge in [-0.3, -0.25) is 29.1 Å². The summed E-state index contributed by atoms with van der Waals surface area (Å²) in [6.45, 7) is 3.06. The third kappa shape index (κ3) is 5.26. The van der Waals surface area contributed by atoms with Crippen molar-refractivity contribution in [1.82, 2.24) is 14.8 Å². The molecular formula is C27H31N3O5. The maximum atomic E-state index is 13.8. The topological polar surface area (TPSA) is 96.9 Å². The van der Waals surface area contributed by atoms with E-state index in [4.69, 9.17) is 4.74 Å². The number of esters is 1. The predicted octanol–water partition coefficient (Wildman–Crippen LogP) is 2.51. The van der Waals surface area contributed by atoms with Gasteiger partial charge in [0.05, 0.1) is 17.9 Å². The lowest BCUT2D eigenvalue weighted by Gasteiger charge is -2.34. The zero-order valence-electron chi connectivity index (χ0n) is 20.0. The molecule has 1 aromatic heterocycles. The monoisotopic (exact) mass is 477 g/mol. The van der Waals surface area contributed by atoms with Crippen LogP contribution < -0.4 is 0 Å². The van der Waals surface area contributed by atoms with Crippen LogP contribution in [-0.4, -0.2) is 64.7 Å². The minimum absolute atomic E-state index is 0.0566. The van der Waals surface area contributed by atoms with Gasteiger partial charge in [0.1, 0.15) is 0 Å². The van der Waals surface area contributed by atoms with E-state index in [2.05, 4.69) is 4.98 Å². The van der Waals surface area contributed by atoms with Crippen LogP contribution in [0.15, 0.2) is 54.7 Å². The highest BCUT2D eigenvalue weighted by Crippen LogP contribution is 2.40. The molecule has 0 spiro atoms. The Labute approximate surface area is 205 Å². The lowest BCUT2D eigenvalue weighted by molar-refractivity contribution is -0.152. The molecule has 8 heteroatoms. The van der Waals surface area contributed by atoms with E-state index in [1.807, 2.05) is 36.4 Å². The lowest BCUT2D eigenvalue weighted by Crippen LogP contribution is -2.47. The van der Waals surface area contributed by atoms with Crippen LogP contribution in [0.1, 0.15) is 43.9 Å². The number of hydrogen-bond donors (Lipinski definition) is 0. The lowest BCUT2D eigenvalue weighted by atomic mass is 9.75. The van der Waals surface area contributed by atoms with E-state index in [1.54, 1.807) is 30.2 Å². The first-order valence-electron chi connectivity index (χ1n) is 12.2. The second-order valence-corrected chi connectivity index (χ2v) is 9.15. The molecule has 35 heavy (non-hydrogen) atoms. The molecule has 8 nitrogen and oxygen atoms in total. The van der Waals surface area contributed by atoms with Crippen LogP contribution in [0.3, 0.4) is 0 Å². The van der Waals surface area contributed by atoms with Crippen molar-refractivity contribution < 1.29 is 23.9 Å². The SMILES string of the molecule is CCOC(=O)[C@@H]1CCCN(C(=O)C[C@]2(c3ccccc3)CC(=O)N(CCc3ccccn3)C2=O)C1. The quantitative estimate of drug-likeness (QED) is 0.428. The molecule has 0 aliphatic carbocycles. The standard InChI is InChI=1S/C27H31N3O5/c1-2-35-25(33)20-9-8-15-29(19-20)23(31)17-27(21-10-4-3-5-11-21)18-24(32)30(26(27)34)16-13-22-12-6-7-14-28-22/h3-7,10-12,14,20H,2,8-9,13,15-19H2,1H3/t20-,27-/m1/s1. The number of nitrogens with zero attached hydrogens (tertiary/aromatic N) is 3. The van der Waals surface area contributed by atoms with Crippen LogP contribution in [0.4, 0.5) is 0 Å². The van der Waals surface area contributed by atoms with Crippen LogP contribution in [0.5, 0.6) is 0 Å². The fourth-order valence-corrected chi connectivity index (χ4v) is 5.05. The van der Waals surface area contributed by atoms with Gasteiger partial charge in [0.25, 0.3) is 0 Å². The molecule has 2 aliphatic heterocycles. The zero-order chi connectivity index (χ0) is 24.8. The zero-order valence-corrected chi connectivity index (χ0v) is 20.0. The van der Waals surface area contributed by atoms with E-state index < -0.39 is 5.41 Å². The summed E-state index contributed by atoms with van der Waals surface area (Å²) in [6, 6.07) is 14.6. The van der Waals surface area contributed by atoms with Crippen LogP contribution >= 0.6 is 0 Å². The van der Waals surface area contributed by atoms with Crippen molar-refractivity contribution in [2.75, 3.05) is 26.2 Å². The van der Waals surface area contributed by atoms with E-state index in [1.165, 1.54) is 4.90 Å². The number of amides is 3. The molecule has 184 valence electrons. The van der Waals surface area contributed by atoms with E-state index in [0.717, 1.165) is 5.69 Å². The van der Waals surface area contributed by atoms with Gasteiger partial charge in [0.15, 0.2) is 0 Å². The largest absolute Gasteiger partial charge is 0.466 e. The first-order valence-corrected chi connectivity index (χ1v) is 12.2. The second-order valence-electron chi connectivity index (χ2n) is 9.15. The van der Waals surface area contributed by atoms with Crippen LogP contribution in [0, 0.1) is 5.92 Å². The summed E-state index contributed by atoms with van der Waals surface area (Å²) in [5.41, 5.74) is 0.196. The number of hydrogen-bond acceptors (Lipinski definition) is 6. The molecule has 2 saturated heterocycles. The molecule has 2 aliphatic rings. The van der Waals surface area contributed by atoms with Gasteiger partial charge in [-0.15, -0.1) is 0 Å².